The van der Waals surface area contributed by atoms with Crippen molar-refractivity contribution in [2.45, 2.75) is 39.2 Å². The Morgan fingerprint density at radius 1 is 0.944 bits per heavy atom. The zero-order valence-electron chi connectivity index (χ0n) is 11.8. The third-order valence-electron chi connectivity index (χ3n) is 3.96. The van der Waals surface area contributed by atoms with Crippen molar-refractivity contribution in [2.75, 3.05) is 31.1 Å². The average Bonchev–Trinajstić information content (AvgIpc) is 2.50. The van der Waals surface area contributed by atoms with Gasteiger partial charge in [-0.1, -0.05) is 38.5 Å². The third-order valence-corrected chi connectivity index (χ3v) is 3.96. The van der Waals surface area contributed by atoms with E-state index in [1.165, 1.54) is 51.1 Å². The second kappa shape index (κ2) is 6.79. The van der Waals surface area contributed by atoms with Crippen LogP contribution in [0.25, 0.3) is 0 Å². The van der Waals surface area contributed by atoms with Gasteiger partial charge in [0.15, 0.2) is 0 Å². The van der Waals surface area contributed by atoms with Gasteiger partial charge < -0.3 is 4.90 Å². The maximum Gasteiger partial charge on any atom is 0.0367 e. The molecule has 1 atom stereocenters. The fourth-order valence-corrected chi connectivity index (χ4v) is 3.03. The molecule has 1 aromatic rings. The van der Waals surface area contributed by atoms with Crippen LogP contribution in [0, 0.1) is 0 Å². The second-order valence-corrected chi connectivity index (χ2v) is 4.97. The molecule has 2 fully saturated rings. The molecule has 0 saturated carbocycles. The van der Waals surface area contributed by atoms with Crippen molar-refractivity contribution in [1.29, 1.82) is 0 Å². The van der Waals surface area contributed by atoms with Crippen LogP contribution in [0.3, 0.4) is 0 Å². The van der Waals surface area contributed by atoms with Crippen LogP contribution in [-0.4, -0.2) is 37.1 Å². The summed E-state index contributed by atoms with van der Waals surface area (Å²) in [7, 11) is 0. The Morgan fingerprint density at radius 3 is 2.50 bits per heavy atom. The van der Waals surface area contributed by atoms with E-state index in [1.807, 2.05) is 13.8 Å². The van der Waals surface area contributed by atoms with Gasteiger partial charge in [-0.15, -0.1) is 0 Å². The third kappa shape index (κ3) is 3.05. The van der Waals surface area contributed by atoms with Crippen LogP contribution in [0.4, 0.5) is 5.69 Å². The van der Waals surface area contributed by atoms with Crippen LogP contribution in [0.1, 0.15) is 33.1 Å². The van der Waals surface area contributed by atoms with E-state index in [2.05, 4.69) is 40.1 Å². The first-order valence-electron chi connectivity index (χ1n) is 7.47. The molecule has 0 N–H and O–H groups in total. The SMILES string of the molecule is CC.c1ccc(N2CCN3CCCCC3C2)cc1. The van der Waals surface area contributed by atoms with Crippen LogP contribution in [0.15, 0.2) is 30.3 Å². The fraction of sp³-hybridized carbons (Fsp3) is 0.625. The van der Waals surface area contributed by atoms with Crippen molar-refractivity contribution >= 4 is 5.69 Å². The Morgan fingerprint density at radius 2 is 1.72 bits per heavy atom. The molecule has 2 nitrogen and oxygen atoms in total. The van der Waals surface area contributed by atoms with Crippen molar-refractivity contribution in [3.8, 4) is 0 Å². The zero-order valence-corrected chi connectivity index (χ0v) is 11.8. The number of para-hydroxylation sites is 1. The molecule has 0 aromatic heterocycles. The van der Waals surface area contributed by atoms with Gasteiger partial charge in [0.25, 0.3) is 0 Å². The number of anilines is 1. The molecule has 1 unspecified atom stereocenters. The van der Waals surface area contributed by atoms with Crippen molar-refractivity contribution in [3.63, 3.8) is 0 Å². The highest BCUT2D eigenvalue weighted by molar-refractivity contribution is 5.46. The lowest BCUT2D eigenvalue weighted by Crippen LogP contribution is -2.54. The predicted molar refractivity (Wildman–Crippen MR) is 79.2 cm³/mol. The van der Waals surface area contributed by atoms with Crippen LogP contribution >= 0.6 is 0 Å². The molecule has 2 heterocycles. The lowest BCUT2D eigenvalue weighted by Gasteiger charge is -2.44. The van der Waals surface area contributed by atoms with E-state index in [9.17, 15) is 0 Å². The predicted octanol–water partition coefficient (Wildman–Crippen LogP) is 3.39. The molecule has 0 radical (unpaired) electrons. The lowest BCUT2D eigenvalue weighted by molar-refractivity contribution is 0.133. The van der Waals surface area contributed by atoms with Gasteiger partial charge in [0.05, 0.1) is 0 Å². The molecule has 1 aromatic carbocycles. The van der Waals surface area contributed by atoms with E-state index in [-0.39, 0.29) is 0 Å². The molecular formula is C16H26N2. The Hall–Kier alpha value is -1.02. The molecule has 0 amide bonds. The molecule has 2 aliphatic heterocycles. The van der Waals surface area contributed by atoms with Crippen molar-refractivity contribution in [1.82, 2.24) is 4.90 Å². The minimum atomic E-state index is 0.808. The number of hydrogen-bond donors (Lipinski definition) is 0. The minimum absolute atomic E-state index is 0.808. The molecule has 2 saturated heterocycles. The normalized spacial score (nSPS) is 23.9. The highest BCUT2D eigenvalue weighted by atomic mass is 15.3. The van der Waals surface area contributed by atoms with Gasteiger partial charge in [0, 0.05) is 31.4 Å². The summed E-state index contributed by atoms with van der Waals surface area (Å²) in [5.41, 5.74) is 1.40. The Labute approximate surface area is 112 Å². The van der Waals surface area contributed by atoms with E-state index in [0.717, 1.165) is 6.04 Å². The number of fused-ring (bicyclic) bond motifs is 1. The maximum atomic E-state index is 2.68. The molecule has 0 bridgehead atoms. The summed E-state index contributed by atoms with van der Waals surface area (Å²) in [6, 6.07) is 11.7. The molecule has 0 spiro atoms. The maximum absolute atomic E-state index is 2.68. The number of piperidine rings is 1. The van der Waals surface area contributed by atoms with Crippen LogP contribution in [0.5, 0.6) is 0 Å². The summed E-state index contributed by atoms with van der Waals surface area (Å²) in [6.45, 7) is 9.00. The van der Waals surface area contributed by atoms with E-state index in [0.29, 0.717) is 0 Å². The molecule has 100 valence electrons. The smallest absolute Gasteiger partial charge is 0.0367 e. The number of piperazine rings is 1. The molecule has 18 heavy (non-hydrogen) atoms. The van der Waals surface area contributed by atoms with Gasteiger partial charge in [-0.2, -0.15) is 0 Å². The number of hydrogen-bond acceptors (Lipinski definition) is 2. The van der Waals surface area contributed by atoms with E-state index in [1.54, 1.807) is 0 Å². The Balaban J connectivity index is 0.000000574. The molecule has 2 heteroatoms. The van der Waals surface area contributed by atoms with E-state index >= 15 is 0 Å². The Bertz CT molecular complexity index is 336. The number of benzene rings is 1. The zero-order chi connectivity index (χ0) is 12.8. The van der Waals surface area contributed by atoms with Gasteiger partial charge >= 0.3 is 0 Å². The highest BCUT2D eigenvalue weighted by Crippen LogP contribution is 2.24. The first-order chi connectivity index (χ1) is 8.93. The molecular weight excluding hydrogens is 220 g/mol. The average molecular weight is 246 g/mol. The first-order valence-corrected chi connectivity index (χ1v) is 7.47. The van der Waals surface area contributed by atoms with Crippen LogP contribution < -0.4 is 4.90 Å². The lowest BCUT2D eigenvalue weighted by atomic mass is 9.99. The van der Waals surface area contributed by atoms with Gasteiger partial charge in [-0.3, -0.25) is 4.90 Å². The van der Waals surface area contributed by atoms with Gasteiger partial charge in [0.1, 0.15) is 0 Å². The molecule has 3 rings (SSSR count). The van der Waals surface area contributed by atoms with Gasteiger partial charge in [-0.05, 0) is 31.5 Å². The largest absolute Gasteiger partial charge is 0.369 e. The minimum Gasteiger partial charge on any atom is -0.369 e. The summed E-state index contributed by atoms with van der Waals surface area (Å²) in [4.78, 5) is 5.23. The Kier molecular flexibility index (Phi) is 5.06. The summed E-state index contributed by atoms with van der Waals surface area (Å²) < 4.78 is 0. The van der Waals surface area contributed by atoms with Crippen molar-refractivity contribution < 1.29 is 0 Å². The van der Waals surface area contributed by atoms with E-state index in [4.69, 9.17) is 0 Å². The van der Waals surface area contributed by atoms with Crippen LogP contribution in [-0.2, 0) is 0 Å². The van der Waals surface area contributed by atoms with Gasteiger partial charge in [0.2, 0.25) is 0 Å². The van der Waals surface area contributed by atoms with Gasteiger partial charge in [-0.25, -0.2) is 0 Å². The second-order valence-electron chi connectivity index (χ2n) is 4.97. The monoisotopic (exact) mass is 246 g/mol. The summed E-state index contributed by atoms with van der Waals surface area (Å²) >= 11 is 0. The quantitative estimate of drug-likeness (QED) is 0.749. The number of rotatable bonds is 1. The summed E-state index contributed by atoms with van der Waals surface area (Å²) in [6.07, 6.45) is 4.22. The summed E-state index contributed by atoms with van der Waals surface area (Å²) in [5.74, 6) is 0. The van der Waals surface area contributed by atoms with E-state index < -0.39 is 0 Å². The van der Waals surface area contributed by atoms with Crippen molar-refractivity contribution in [2.24, 2.45) is 0 Å². The first kappa shape index (κ1) is 13.4. The molecule has 2 aliphatic rings. The topological polar surface area (TPSA) is 6.48 Å². The van der Waals surface area contributed by atoms with Crippen LogP contribution in [0.2, 0.25) is 0 Å². The fourth-order valence-electron chi connectivity index (χ4n) is 3.03. The highest BCUT2D eigenvalue weighted by Gasteiger charge is 2.28. The standard InChI is InChI=1S/C14H20N2.C2H6/c1-2-6-13(7-3-1)16-11-10-15-9-5-4-8-14(15)12-16;1-2/h1-3,6-7,14H,4-5,8-12H2;1-2H3. The van der Waals surface area contributed by atoms with Crippen molar-refractivity contribution in [3.05, 3.63) is 30.3 Å². The summed E-state index contributed by atoms with van der Waals surface area (Å²) in [5, 5.41) is 0. The molecule has 0 aliphatic carbocycles. The number of nitrogens with zero attached hydrogens (tertiary/aromatic N) is 2.